The third-order valence-electron chi connectivity index (χ3n) is 2.97. The number of hydrogen-bond donors (Lipinski definition) is 2. The van der Waals surface area contributed by atoms with E-state index in [0.717, 1.165) is 12.1 Å². The van der Waals surface area contributed by atoms with Crippen LogP contribution >= 0.6 is 0 Å². The van der Waals surface area contributed by atoms with E-state index < -0.39 is 35.4 Å². The molecule has 0 heterocycles. The van der Waals surface area contributed by atoms with Gasteiger partial charge in [-0.05, 0) is 17.5 Å². The molecule has 0 aliphatic carbocycles. The van der Waals surface area contributed by atoms with Gasteiger partial charge in [-0.25, -0.2) is 8.78 Å². The lowest BCUT2D eigenvalue weighted by Crippen LogP contribution is -2.48. The van der Waals surface area contributed by atoms with Gasteiger partial charge in [0.05, 0.1) is 12.5 Å². The molecule has 0 bridgehead atoms. The number of nitrogens with two attached hydrogens (primary N) is 1. The van der Waals surface area contributed by atoms with Gasteiger partial charge in [-0.1, -0.05) is 13.0 Å². The zero-order valence-electron chi connectivity index (χ0n) is 11.4. The zero-order valence-corrected chi connectivity index (χ0v) is 11.4. The van der Waals surface area contributed by atoms with Crippen molar-refractivity contribution in [2.75, 3.05) is 0 Å². The SMILES string of the molecule is C[C@@H](CC#N)[C@@H](NC(=O)Cc1ccc(F)cc1F)C(N)=O. The van der Waals surface area contributed by atoms with Crippen LogP contribution in [0.4, 0.5) is 8.78 Å². The van der Waals surface area contributed by atoms with Crippen molar-refractivity contribution in [1.29, 1.82) is 5.26 Å². The predicted octanol–water partition coefficient (Wildman–Crippen LogP) is 1.03. The Morgan fingerprint density at radius 3 is 2.62 bits per heavy atom. The molecule has 2 amide bonds. The van der Waals surface area contributed by atoms with Crippen LogP contribution in [0.15, 0.2) is 18.2 Å². The molecule has 1 rings (SSSR count). The smallest absolute Gasteiger partial charge is 0.240 e. The molecule has 0 radical (unpaired) electrons. The number of nitrogens with zero attached hydrogens (tertiary/aromatic N) is 1. The van der Waals surface area contributed by atoms with Gasteiger partial charge in [0, 0.05) is 12.5 Å². The molecule has 0 aromatic heterocycles. The third-order valence-corrected chi connectivity index (χ3v) is 2.97. The molecule has 0 aliphatic heterocycles. The van der Waals surface area contributed by atoms with Gasteiger partial charge in [-0.15, -0.1) is 0 Å². The number of carbonyl (C=O) groups is 2. The second kappa shape index (κ2) is 7.33. The fraction of sp³-hybridized carbons (Fsp3) is 0.357. The summed E-state index contributed by atoms with van der Waals surface area (Å²) in [4.78, 5) is 23.1. The molecule has 1 aromatic rings. The summed E-state index contributed by atoms with van der Waals surface area (Å²) in [7, 11) is 0. The third kappa shape index (κ3) is 4.84. The monoisotopic (exact) mass is 295 g/mol. The summed E-state index contributed by atoms with van der Waals surface area (Å²) in [5.41, 5.74) is 5.18. The van der Waals surface area contributed by atoms with Crippen LogP contribution in [-0.4, -0.2) is 17.9 Å². The molecule has 112 valence electrons. The van der Waals surface area contributed by atoms with Crippen LogP contribution in [0.2, 0.25) is 0 Å². The Bertz CT molecular complexity index is 584. The van der Waals surface area contributed by atoms with Crippen molar-refractivity contribution in [2.24, 2.45) is 11.7 Å². The van der Waals surface area contributed by atoms with Crippen LogP contribution in [0.25, 0.3) is 0 Å². The number of hydrogen-bond acceptors (Lipinski definition) is 3. The second-order valence-corrected chi connectivity index (χ2v) is 4.70. The highest BCUT2D eigenvalue weighted by atomic mass is 19.1. The van der Waals surface area contributed by atoms with E-state index in [4.69, 9.17) is 11.0 Å². The van der Waals surface area contributed by atoms with E-state index in [1.165, 1.54) is 0 Å². The number of amides is 2. The minimum atomic E-state index is -1.01. The highest BCUT2D eigenvalue weighted by molar-refractivity contribution is 5.87. The maximum Gasteiger partial charge on any atom is 0.240 e. The summed E-state index contributed by atoms with van der Waals surface area (Å²) < 4.78 is 26.2. The van der Waals surface area contributed by atoms with Gasteiger partial charge in [-0.3, -0.25) is 9.59 Å². The van der Waals surface area contributed by atoms with E-state index in [9.17, 15) is 18.4 Å². The van der Waals surface area contributed by atoms with Crippen LogP contribution in [0.1, 0.15) is 18.9 Å². The quantitative estimate of drug-likeness (QED) is 0.820. The van der Waals surface area contributed by atoms with Crippen molar-refractivity contribution >= 4 is 11.8 Å². The van der Waals surface area contributed by atoms with Gasteiger partial charge in [0.1, 0.15) is 17.7 Å². The number of primary amides is 1. The Labute approximate surface area is 120 Å². The summed E-state index contributed by atoms with van der Waals surface area (Å²) in [6.07, 6.45) is -0.312. The average Bonchev–Trinajstić information content (AvgIpc) is 2.39. The molecule has 0 unspecified atom stereocenters. The molecule has 3 N–H and O–H groups in total. The van der Waals surface area contributed by atoms with E-state index in [-0.39, 0.29) is 18.4 Å². The number of nitrogens with one attached hydrogen (secondary N) is 1. The minimum absolute atomic E-state index is 0.00468. The highest BCUT2D eigenvalue weighted by Crippen LogP contribution is 2.11. The van der Waals surface area contributed by atoms with Crippen molar-refractivity contribution in [3.63, 3.8) is 0 Å². The molecular weight excluding hydrogens is 280 g/mol. The highest BCUT2D eigenvalue weighted by Gasteiger charge is 2.25. The van der Waals surface area contributed by atoms with Crippen molar-refractivity contribution < 1.29 is 18.4 Å². The van der Waals surface area contributed by atoms with Crippen molar-refractivity contribution in [2.45, 2.75) is 25.8 Å². The summed E-state index contributed by atoms with van der Waals surface area (Å²) in [6, 6.07) is 3.73. The molecule has 1 aromatic carbocycles. The number of benzene rings is 1. The van der Waals surface area contributed by atoms with E-state index in [0.29, 0.717) is 6.07 Å². The molecule has 0 saturated carbocycles. The van der Waals surface area contributed by atoms with Crippen LogP contribution in [0, 0.1) is 28.9 Å². The predicted molar refractivity (Wildman–Crippen MR) is 70.6 cm³/mol. The van der Waals surface area contributed by atoms with E-state index in [1.54, 1.807) is 6.92 Å². The number of carbonyl (C=O) groups excluding carboxylic acids is 2. The van der Waals surface area contributed by atoms with Gasteiger partial charge in [0.15, 0.2) is 0 Å². The minimum Gasteiger partial charge on any atom is -0.368 e. The first-order valence-electron chi connectivity index (χ1n) is 6.24. The van der Waals surface area contributed by atoms with Crippen molar-refractivity contribution in [3.8, 4) is 6.07 Å². The van der Waals surface area contributed by atoms with Gasteiger partial charge < -0.3 is 11.1 Å². The molecule has 5 nitrogen and oxygen atoms in total. The Kier molecular flexibility index (Phi) is 5.79. The Morgan fingerprint density at radius 1 is 1.43 bits per heavy atom. The van der Waals surface area contributed by atoms with Gasteiger partial charge in [-0.2, -0.15) is 5.26 Å². The van der Waals surface area contributed by atoms with Crippen LogP contribution < -0.4 is 11.1 Å². The number of nitriles is 1. The van der Waals surface area contributed by atoms with Crippen molar-refractivity contribution in [1.82, 2.24) is 5.32 Å². The van der Waals surface area contributed by atoms with Crippen molar-refractivity contribution in [3.05, 3.63) is 35.4 Å². The molecule has 0 aliphatic rings. The summed E-state index contributed by atoms with van der Waals surface area (Å²) in [5.74, 6) is -3.45. The maximum absolute atomic E-state index is 13.4. The number of rotatable bonds is 6. The lowest BCUT2D eigenvalue weighted by atomic mass is 9.98. The van der Waals surface area contributed by atoms with Gasteiger partial charge in [0.2, 0.25) is 11.8 Å². The van der Waals surface area contributed by atoms with E-state index >= 15 is 0 Å². The standard InChI is InChI=1S/C14H15F2N3O2/c1-8(4-5-17)13(14(18)21)19-12(20)6-9-2-3-10(15)7-11(9)16/h2-3,7-8,13H,4,6H2,1H3,(H2,18,21)(H,19,20)/t8-,13+/m0/s1. The zero-order chi connectivity index (χ0) is 16.0. The Hall–Kier alpha value is -2.49. The fourth-order valence-corrected chi connectivity index (χ4v) is 1.82. The fourth-order valence-electron chi connectivity index (χ4n) is 1.82. The first-order valence-corrected chi connectivity index (χ1v) is 6.24. The maximum atomic E-state index is 13.4. The largest absolute Gasteiger partial charge is 0.368 e. The molecule has 0 fully saturated rings. The van der Waals surface area contributed by atoms with Crippen LogP contribution in [0.3, 0.4) is 0 Å². The summed E-state index contributed by atoms with van der Waals surface area (Å²) in [6.45, 7) is 1.59. The first kappa shape index (κ1) is 16.6. The average molecular weight is 295 g/mol. The molecule has 2 atom stereocenters. The first-order chi connectivity index (χ1) is 9.85. The van der Waals surface area contributed by atoms with E-state index in [2.05, 4.69) is 5.32 Å². The molecule has 21 heavy (non-hydrogen) atoms. The second-order valence-electron chi connectivity index (χ2n) is 4.70. The van der Waals surface area contributed by atoms with Gasteiger partial charge >= 0.3 is 0 Å². The normalized spacial score (nSPS) is 13.0. The van der Waals surface area contributed by atoms with E-state index in [1.807, 2.05) is 6.07 Å². The molecular formula is C14H15F2N3O2. The molecule has 0 saturated heterocycles. The lowest BCUT2D eigenvalue weighted by Gasteiger charge is -2.20. The topological polar surface area (TPSA) is 96.0 Å². The Morgan fingerprint density at radius 2 is 2.10 bits per heavy atom. The number of halogens is 2. The molecule has 0 spiro atoms. The molecule has 7 heteroatoms. The van der Waals surface area contributed by atoms with Gasteiger partial charge in [0.25, 0.3) is 0 Å². The summed E-state index contributed by atoms with van der Waals surface area (Å²) >= 11 is 0. The van der Waals surface area contributed by atoms with Crippen LogP contribution in [-0.2, 0) is 16.0 Å². The lowest BCUT2D eigenvalue weighted by molar-refractivity contribution is -0.128. The summed E-state index contributed by atoms with van der Waals surface area (Å²) in [5, 5.41) is 11.0. The van der Waals surface area contributed by atoms with Crippen LogP contribution in [0.5, 0.6) is 0 Å². The Balaban J connectivity index is 2.74.